The zero-order valence-corrected chi connectivity index (χ0v) is 21.7. The molecule has 1 fully saturated rings. The molecule has 7 heteroatoms. The van der Waals surface area contributed by atoms with Gasteiger partial charge in [-0.05, 0) is 47.8 Å². The molecule has 0 aliphatic carbocycles. The van der Waals surface area contributed by atoms with Gasteiger partial charge in [0, 0.05) is 37.3 Å². The van der Waals surface area contributed by atoms with Crippen LogP contribution in [-0.2, 0) is 13.1 Å². The lowest BCUT2D eigenvalue weighted by atomic mass is 9.98. The smallest absolute Gasteiger partial charge is 0.191 e. The molecule has 0 spiro atoms. The summed E-state index contributed by atoms with van der Waals surface area (Å²) in [5.41, 5.74) is 4.96. The Balaban J connectivity index is 0.00000289. The van der Waals surface area contributed by atoms with Crippen molar-refractivity contribution in [1.82, 2.24) is 20.2 Å². The second kappa shape index (κ2) is 12.9. The number of hydrogen-bond acceptors (Lipinski definition) is 3. The number of thioether (sulfide) groups is 1. The Morgan fingerprint density at radius 1 is 1.16 bits per heavy atom. The Kier molecular flexibility index (Phi) is 9.92. The van der Waals surface area contributed by atoms with Gasteiger partial charge >= 0.3 is 0 Å². The van der Waals surface area contributed by atoms with Gasteiger partial charge in [-0.2, -0.15) is 11.8 Å². The maximum atomic E-state index is 4.87. The van der Waals surface area contributed by atoms with Crippen LogP contribution in [0.2, 0.25) is 0 Å². The zero-order chi connectivity index (χ0) is 21.3. The number of nitrogens with zero attached hydrogens (tertiary/aromatic N) is 3. The van der Waals surface area contributed by atoms with Crippen molar-refractivity contribution < 1.29 is 0 Å². The molecular formula is C25H32IN5S. The summed E-state index contributed by atoms with van der Waals surface area (Å²) in [5.74, 6) is 2.19. The molecule has 170 valence electrons. The van der Waals surface area contributed by atoms with Crippen LogP contribution in [0.1, 0.15) is 30.9 Å². The van der Waals surface area contributed by atoms with Crippen molar-refractivity contribution in [3.05, 3.63) is 78.4 Å². The summed E-state index contributed by atoms with van der Waals surface area (Å²) in [6, 6.07) is 17.4. The molecular weight excluding hydrogens is 529 g/mol. The minimum atomic E-state index is 0. The largest absolute Gasteiger partial charge is 0.357 e. The fraction of sp³-hybridized carbons (Fsp3) is 0.360. The third kappa shape index (κ3) is 7.00. The van der Waals surface area contributed by atoms with Crippen LogP contribution in [0, 0.1) is 0 Å². The van der Waals surface area contributed by atoms with E-state index in [1.807, 2.05) is 18.7 Å². The van der Waals surface area contributed by atoms with Crippen molar-refractivity contribution in [2.45, 2.75) is 38.1 Å². The molecule has 0 amide bonds. The van der Waals surface area contributed by atoms with Gasteiger partial charge in [-0.3, -0.25) is 0 Å². The van der Waals surface area contributed by atoms with E-state index in [0.29, 0.717) is 11.8 Å². The average Bonchev–Trinajstić information content (AvgIpc) is 3.51. The molecule has 2 heterocycles. The molecule has 1 aromatic heterocycles. The average molecular weight is 562 g/mol. The molecule has 4 rings (SSSR count). The van der Waals surface area contributed by atoms with E-state index in [4.69, 9.17) is 4.99 Å². The van der Waals surface area contributed by atoms with Crippen molar-refractivity contribution >= 4 is 41.7 Å². The predicted molar refractivity (Wildman–Crippen MR) is 147 cm³/mol. The van der Waals surface area contributed by atoms with Crippen LogP contribution in [0.5, 0.6) is 0 Å². The number of aliphatic imine (C=N–C) groups is 1. The highest BCUT2D eigenvalue weighted by atomic mass is 127. The number of benzene rings is 2. The van der Waals surface area contributed by atoms with Gasteiger partial charge in [0.15, 0.2) is 5.96 Å². The zero-order valence-electron chi connectivity index (χ0n) is 18.5. The first kappa shape index (κ1) is 24.6. The molecule has 2 aromatic carbocycles. The molecule has 3 aromatic rings. The first-order chi connectivity index (χ1) is 15.3. The summed E-state index contributed by atoms with van der Waals surface area (Å²) < 4.78 is 2.08. The molecule has 2 N–H and O–H groups in total. The number of rotatable bonds is 8. The first-order valence-corrected chi connectivity index (χ1v) is 12.1. The summed E-state index contributed by atoms with van der Waals surface area (Å²) in [4.78, 5) is 8.99. The Hall–Kier alpha value is -2.00. The van der Waals surface area contributed by atoms with Gasteiger partial charge in [0.1, 0.15) is 0 Å². The van der Waals surface area contributed by atoms with Crippen molar-refractivity contribution in [2.24, 2.45) is 4.99 Å². The second-order valence-electron chi connectivity index (χ2n) is 7.80. The van der Waals surface area contributed by atoms with E-state index in [0.717, 1.165) is 25.6 Å². The van der Waals surface area contributed by atoms with Crippen LogP contribution in [0.4, 0.5) is 0 Å². The van der Waals surface area contributed by atoms with Gasteiger partial charge in [-0.15, -0.1) is 24.0 Å². The number of halogens is 1. The Bertz CT molecular complexity index is 966. The van der Waals surface area contributed by atoms with E-state index in [2.05, 4.69) is 87.4 Å². The lowest BCUT2D eigenvalue weighted by Crippen LogP contribution is -2.40. The summed E-state index contributed by atoms with van der Waals surface area (Å²) in [5, 5.41) is 7.62. The molecule has 1 saturated heterocycles. The summed E-state index contributed by atoms with van der Waals surface area (Å²) in [6.07, 6.45) is 8.29. The fourth-order valence-corrected chi connectivity index (χ4v) is 5.04. The van der Waals surface area contributed by atoms with E-state index in [1.54, 1.807) is 0 Å². The predicted octanol–water partition coefficient (Wildman–Crippen LogP) is 5.17. The minimum absolute atomic E-state index is 0. The summed E-state index contributed by atoms with van der Waals surface area (Å²) in [6.45, 7) is 5.45. The molecule has 1 unspecified atom stereocenters. The lowest BCUT2D eigenvalue weighted by Gasteiger charge is -2.15. The number of nitrogens with one attached hydrogen (secondary N) is 2. The van der Waals surface area contributed by atoms with Gasteiger partial charge in [0.05, 0.1) is 12.9 Å². The monoisotopic (exact) mass is 561 g/mol. The Morgan fingerprint density at radius 2 is 2.00 bits per heavy atom. The SMILES string of the molecule is CCNC(=NCc1ccccc1-c1ccc(Cn2ccnc2)cc1)NCC1CCCS1.I. The number of guanidine groups is 1. The molecule has 5 nitrogen and oxygen atoms in total. The lowest BCUT2D eigenvalue weighted by molar-refractivity contribution is 0.727. The molecule has 1 aliphatic heterocycles. The summed E-state index contributed by atoms with van der Waals surface area (Å²) in [7, 11) is 0. The van der Waals surface area contributed by atoms with Crippen molar-refractivity contribution in [1.29, 1.82) is 0 Å². The third-order valence-corrected chi connectivity index (χ3v) is 6.88. The van der Waals surface area contributed by atoms with Crippen LogP contribution < -0.4 is 10.6 Å². The first-order valence-electron chi connectivity index (χ1n) is 11.1. The van der Waals surface area contributed by atoms with Crippen molar-refractivity contribution in [3.63, 3.8) is 0 Å². The van der Waals surface area contributed by atoms with Crippen molar-refractivity contribution in [3.8, 4) is 11.1 Å². The normalized spacial score (nSPS) is 15.9. The van der Waals surface area contributed by atoms with E-state index in [9.17, 15) is 0 Å². The molecule has 32 heavy (non-hydrogen) atoms. The summed E-state index contributed by atoms with van der Waals surface area (Å²) >= 11 is 2.07. The maximum Gasteiger partial charge on any atom is 0.191 e. The Labute approximate surface area is 212 Å². The van der Waals surface area contributed by atoms with Gasteiger partial charge in [-0.25, -0.2) is 9.98 Å². The number of hydrogen-bond donors (Lipinski definition) is 2. The van der Waals surface area contributed by atoms with Crippen LogP contribution in [0.25, 0.3) is 11.1 Å². The van der Waals surface area contributed by atoms with E-state index in [-0.39, 0.29) is 24.0 Å². The molecule has 0 bridgehead atoms. The molecule has 1 aliphatic rings. The van der Waals surface area contributed by atoms with E-state index >= 15 is 0 Å². The topological polar surface area (TPSA) is 54.2 Å². The minimum Gasteiger partial charge on any atom is -0.357 e. The number of imidazole rings is 1. The second-order valence-corrected chi connectivity index (χ2v) is 9.21. The van der Waals surface area contributed by atoms with Gasteiger partial charge in [-0.1, -0.05) is 48.5 Å². The van der Waals surface area contributed by atoms with E-state index in [1.165, 1.54) is 40.8 Å². The molecule has 1 atom stereocenters. The van der Waals surface area contributed by atoms with Crippen LogP contribution in [-0.4, -0.2) is 39.6 Å². The fourth-order valence-electron chi connectivity index (χ4n) is 3.84. The van der Waals surface area contributed by atoms with Crippen molar-refractivity contribution in [2.75, 3.05) is 18.8 Å². The van der Waals surface area contributed by atoms with Gasteiger partial charge in [0.25, 0.3) is 0 Å². The van der Waals surface area contributed by atoms with Crippen LogP contribution >= 0.6 is 35.7 Å². The van der Waals surface area contributed by atoms with Crippen LogP contribution in [0.3, 0.4) is 0 Å². The standard InChI is InChI=1S/C25H31N5S.HI/c1-2-27-25(29-17-23-7-5-15-31-23)28-16-22-6-3-4-8-24(22)21-11-9-20(10-12-21)18-30-14-13-26-19-30;/h3-4,6,8-14,19,23H,2,5,7,15-18H2,1H3,(H2,27,28,29);1H. The highest BCUT2D eigenvalue weighted by Gasteiger charge is 2.15. The van der Waals surface area contributed by atoms with E-state index < -0.39 is 0 Å². The quantitative estimate of drug-likeness (QED) is 0.227. The number of aromatic nitrogens is 2. The highest BCUT2D eigenvalue weighted by Crippen LogP contribution is 2.26. The third-order valence-electron chi connectivity index (χ3n) is 5.48. The molecule has 0 saturated carbocycles. The Morgan fingerprint density at radius 3 is 2.72 bits per heavy atom. The highest BCUT2D eigenvalue weighted by molar-refractivity contribution is 14.0. The molecule has 0 radical (unpaired) electrons. The van der Waals surface area contributed by atoms with Crippen LogP contribution in [0.15, 0.2) is 72.2 Å². The van der Waals surface area contributed by atoms with Gasteiger partial charge < -0.3 is 15.2 Å². The maximum absolute atomic E-state index is 4.87. The van der Waals surface area contributed by atoms with Gasteiger partial charge in [0.2, 0.25) is 0 Å².